The van der Waals surface area contributed by atoms with Gasteiger partial charge >= 0.3 is 0 Å². The van der Waals surface area contributed by atoms with Crippen molar-refractivity contribution in [3.63, 3.8) is 0 Å². The highest BCUT2D eigenvalue weighted by Gasteiger charge is 2.14. The van der Waals surface area contributed by atoms with E-state index < -0.39 is 0 Å². The maximum Gasteiger partial charge on any atom is 0.244 e. The van der Waals surface area contributed by atoms with Gasteiger partial charge in [-0.2, -0.15) is 0 Å². The predicted molar refractivity (Wildman–Crippen MR) is 90.8 cm³/mol. The van der Waals surface area contributed by atoms with Crippen LogP contribution in [-0.2, 0) is 11.3 Å². The van der Waals surface area contributed by atoms with E-state index in [1.165, 1.54) is 0 Å². The van der Waals surface area contributed by atoms with E-state index in [2.05, 4.69) is 21.2 Å². The van der Waals surface area contributed by atoms with E-state index in [-0.39, 0.29) is 19.2 Å². The predicted octanol–water partition coefficient (Wildman–Crippen LogP) is 3.77. The minimum Gasteiger partial charge on any atom is -0.454 e. The summed E-state index contributed by atoms with van der Waals surface area (Å²) in [5.74, 6) is 1.26. The van der Waals surface area contributed by atoms with Gasteiger partial charge in [0, 0.05) is 33.3 Å². The number of carbonyl (C=O) groups excluding carboxylic acids is 1. The van der Waals surface area contributed by atoms with Gasteiger partial charge < -0.3 is 19.4 Å². The molecule has 0 unspecified atom stereocenters. The van der Waals surface area contributed by atoms with Crippen LogP contribution in [0.4, 0.5) is 5.69 Å². The molecule has 0 fully saturated rings. The summed E-state index contributed by atoms with van der Waals surface area (Å²) in [6.45, 7) is 0.469. The molecule has 3 aromatic rings. The zero-order chi connectivity index (χ0) is 15.8. The van der Waals surface area contributed by atoms with Crippen LogP contribution in [0.2, 0.25) is 0 Å². The second-order valence-corrected chi connectivity index (χ2v) is 6.18. The summed E-state index contributed by atoms with van der Waals surface area (Å²) in [6, 6.07) is 13.3. The van der Waals surface area contributed by atoms with Crippen LogP contribution < -0.4 is 14.8 Å². The maximum absolute atomic E-state index is 12.3. The lowest BCUT2D eigenvalue weighted by molar-refractivity contribution is -0.116. The van der Waals surface area contributed by atoms with Crippen LogP contribution >= 0.6 is 15.9 Å². The molecule has 1 aliphatic heterocycles. The normalized spacial score (nSPS) is 12.6. The first kappa shape index (κ1) is 14.1. The molecule has 2 heterocycles. The molecule has 0 aliphatic carbocycles. The highest BCUT2D eigenvalue weighted by Crippen LogP contribution is 2.34. The third-order valence-electron chi connectivity index (χ3n) is 3.70. The Morgan fingerprint density at radius 3 is 2.91 bits per heavy atom. The van der Waals surface area contributed by atoms with Gasteiger partial charge in [-0.05, 0) is 36.4 Å². The Hall–Kier alpha value is -2.47. The number of hydrogen-bond donors (Lipinski definition) is 1. The number of nitrogens with one attached hydrogen (secondary N) is 1. The maximum atomic E-state index is 12.3. The smallest absolute Gasteiger partial charge is 0.244 e. The van der Waals surface area contributed by atoms with E-state index in [9.17, 15) is 4.79 Å². The molecule has 1 N–H and O–H groups in total. The van der Waals surface area contributed by atoms with E-state index >= 15 is 0 Å². The number of fused-ring (bicyclic) bond motifs is 2. The highest BCUT2D eigenvalue weighted by molar-refractivity contribution is 9.10. The molecular formula is C17H13BrN2O3. The van der Waals surface area contributed by atoms with Crippen molar-refractivity contribution in [3.8, 4) is 11.5 Å². The van der Waals surface area contributed by atoms with Crippen LogP contribution in [0.25, 0.3) is 10.9 Å². The number of nitrogens with zero attached hydrogens (tertiary/aromatic N) is 1. The molecule has 1 aromatic heterocycles. The largest absolute Gasteiger partial charge is 0.454 e. The summed E-state index contributed by atoms with van der Waals surface area (Å²) in [4.78, 5) is 12.3. The fourth-order valence-corrected chi connectivity index (χ4v) is 3.02. The lowest BCUT2D eigenvalue weighted by Gasteiger charge is -2.08. The molecule has 116 valence electrons. The van der Waals surface area contributed by atoms with Gasteiger partial charge in [0.1, 0.15) is 6.54 Å². The monoisotopic (exact) mass is 372 g/mol. The molecule has 1 aliphatic rings. The summed E-state index contributed by atoms with van der Waals surface area (Å²) in [5.41, 5.74) is 1.72. The second kappa shape index (κ2) is 5.62. The van der Waals surface area contributed by atoms with Gasteiger partial charge in [-0.25, -0.2) is 0 Å². The molecule has 5 nitrogen and oxygen atoms in total. The van der Waals surface area contributed by atoms with Gasteiger partial charge in [0.05, 0.1) is 0 Å². The summed E-state index contributed by atoms with van der Waals surface area (Å²) in [6.07, 6.45) is 1.91. The van der Waals surface area contributed by atoms with Gasteiger partial charge in [0.15, 0.2) is 11.5 Å². The Balaban J connectivity index is 1.51. The van der Waals surface area contributed by atoms with Crippen LogP contribution in [0.5, 0.6) is 11.5 Å². The van der Waals surface area contributed by atoms with E-state index in [0.717, 1.165) is 15.4 Å². The Kier molecular flexibility index (Phi) is 3.46. The van der Waals surface area contributed by atoms with Crippen LogP contribution in [0.1, 0.15) is 0 Å². The number of benzene rings is 2. The van der Waals surface area contributed by atoms with Gasteiger partial charge in [-0.15, -0.1) is 0 Å². The van der Waals surface area contributed by atoms with Crippen LogP contribution in [0.15, 0.2) is 53.1 Å². The average Bonchev–Trinajstić information content (AvgIpc) is 3.13. The Morgan fingerprint density at radius 1 is 1.13 bits per heavy atom. The van der Waals surface area contributed by atoms with Crippen LogP contribution in [-0.4, -0.2) is 17.3 Å². The Labute approximate surface area is 140 Å². The van der Waals surface area contributed by atoms with Crippen molar-refractivity contribution < 1.29 is 14.3 Å². The number of anilines is 1. The first-order chi connectivity index (χ1) is 11.2. The minimum atomic E-state index is -0.0933. The summed E-state index contributed by atoms with van der Waals surface area (Å²) in [5, 5.41) is 3.97. The fourth-order valence-electron chi connectivity index (χ4n) is 2.64. The van der Waals surface area contributed by atoms with Crippen molar-refractivity contribution in [3.05, 3.63) is 53.1 Å². The Bertz CT molecular complexity index is 904. The van der Waals surface area contributed by atoms with Crippen LogP contribution in [0, 0.1) is 0 Å². The third-order valence-corrected chi connectivity index (χ3v) is 4.20. The zero-order valence-electron chi connectivity index (χ0n) is 12.1. The first-order valence-corrected chi connectivity index (χ1v) is 7.92. The second-order valence-electron chi connectivity index (χ2n) is 5.26. The van der Waals surface area contributed by atoms with Gasteiger partial charge in [-0.1, -0.05) is 15.9 Å². The number of amides is 1. The molecule has 0 saturated heterocycles. The average molecular weight is 373 g/mol. The molecule has 0 saturated carbocycles. The quantitative estimate of drug-likeness (QED) is 0.761. The van der Waals surface area contributed by atoms with E-state index in [0.29, 0.717) is 17.2 Å². The number of aromatic nitrogens is 1. The van der Waals surface area contributed by atoms with Crippen molar-refractivity contribution >= 4 is 38.4 Å². The number of carbonyl (C=O) groups is 1. The minimum absolute atomic E-state index is 0.0933. The third kappa shape index (κ3) is 2.77. The van der Waals surface area contributed by atoms with Crippen LogP contribution in [0.3, 0.4) is 0 Å². The van der Waals surface area contributed by atoms with E-state index in [4.69, 9.17) is 9.47 Å². The van der Waals surface area contributed by atoms with Crippen molar-refractivity contribution in [1.82, 2.24) is 4.57 Å². The van der Waals surface area contributed by atoms with E-state index in [1.807, 2.05) is 35.0 Å². The molecule has 1 amide bonds. The highest BCUT2D eigenvalue weighted by atomic mass is 79.9. The fraction of sp³-hybridized carbons (Fsp3) is 0.118. The van der Waals surface area contributed by atoms with Crippen molar-refractivity contribution in [2.45, 2.75) is 6.54 Å². The number of hydrogen-bond acceptors (Lipinski definition) is 3. The number of ether oxygens (including phenoxy) is 2. The summed E-state index contributed by atoms with van der Waals surface area (Å²) in [7, 11) is 0. The van der Waals surface area contributed by atoms with Crippen molar-refractivity contribution in [2.24, 2.45) is 0 Å². The standard InChI is InChI=1S/C17H13BrN2O3/c18-12-1-3-14-11(7-12)5-6-20(14)9-17(21)19-13-2-4-15-16(8-13)23-10-22-15/h1-8H,9-10H2,(H,19,21). The summed E-state index contributed by atoms with van der Waals surface area (Å²) >= 11 is 3.45. The molecule has 0 bridgehead atoms. The van der Waals surface area contributed by atoms with Gasteiger partial charge in [-0.3, -0.25) is 4.79 Å². The lowest BCUT2D eigenvalue weighted by atomic mass is 10.2. The molecule has 23 heavy (non-hydrogen) atoms. The van der Waals surface area contributed by atoms with E-state index in [1.54, 1.807) is 18.2 Å². The van der Waals surface area contributed by atoms with Crippen molar-refractivity contribution in [1.29, 1.82) is 0 Å². The first-order valence-electron chi connectivity index (χ1n) is 7.13. The molecule has 0 atom stereocenters. The van der Waals surface area contributed by atoms with Gasteiger partial charge in [0.2, 0.25) is 12.7 Å². The van der Waals surface area contributed by atoms with Gasteiger partial charge in [0.25, 0.3) is 0 Å². The number of rotatable bonds is 3. The lowest BCUT2D eigenvalue weighted by Crippen LogP contribution is -2.18. The zero-order valence-corrected chi connectivity index (χ0v) is 13.7. The molecule has 0 spiro atoms. The molecule has 6 heteroatoms. The molecule has 0 radical (unpaired) electrons. The summed E-state index contributed by atoms with van der Waals surface area (Å²) < 4.78 is 13.5. The molecule has 2 aromatic carbocycles. The topological polar surface area (TPSA) is 52.5 Å². The Morgan fingerprint density at radius 2 is 2.00 bits per heavy atom. The number of halogens is 1. The molecular weight excluding hydrogens is 360 g/mol. The molecule has 4 rings (SSSR count). The van der Waals surface area contributed by atoms with Crippen molar-refractivity contribution in [2.75, 3.05) is 12.1 Å². The SMILES string of the molecule is O=C(Cn1ccc2cc(Br)ccc21)Nc1ccc2c(c1)OCO2.